The summed E-state index contributed by atoms with van der Waals surface area (Å²) < 4.78 is 0. The molecule has 6 heteroatoms. The monoisotopic (exact) mass is 285 g/mol. The fourth-order valence-corrected chi connectivity index (χ4v) is 2.76. The summed E-state index contributed by atoms with van der Waals surface area (Å²) >= 11 is 0. The fourth-order valence-electron chi connectivity index (χ4n) is 2.76. The third-order valence-electron chi connectivity index (χ3n) is 3.73. The Kier molecular flexibility index (Phi) is 3.51. The van der Waals surface area contributed by atoms with E-state index in [1.165, 1.54) is 6.42 Å². The van der Waals surface area contributed by atoms with Gasteiger partial charge in [0.25, 0.3) is 0 Å². The maximum Gasteiger partial charge on any atom is 0.223 e. The first kappa shape index (κ1) is 13.5. The van der Waals surface area contributed by atoms with Gasteiger partial charge in [0.15, 0.2) is 0 Å². The standard InChI is InChI=1S/C15H19N5O/c16-13-12(10-5-4-6-11(21)9-10)14(19-15(17)18-13)20-7-2-1-3-8-20/h4-6,9,21H,1-3,7-8H2,(H4,16,17,18,19). The SMILES string of the molecule is Nc1nc(N)c(-c2cccc(O)c2)c(N2CCCCC2)n1. The summed E-state index contributed by atoms with van der Waals surface area (Å²) in [6.45, 7) is 1.86. The van der Waals surface area contributed by atoms with Crippen LogP contribution in [0.4, 0.5) is 17.6 Å². The van der Waals surface area contributed by atoms with Gasteiger partial charge in [-0.2, -0.15) is 9.97 Å². The van der Waals surface area contributed by atoms with Crippen LogP contribution in [0.15, 0.2) is 24.3 Å². The Labute approximate surface area is 123 Å². The van der Waals surface area contributed by atoms with Crippen molar-refractivity contribution in [3.63, 3.8) is 0 Å². The van der Waals surface area contributed by atoms with E-state index in [0.717, 1.165) is 42.9 Å². The van der Waals surface area contributed by atoms with Crippen molar-refractivity contribution in [1.29, 1.82) is 0 Å². The van der Waals surface area contributed by atoms with E-state index < -0.39 is 0 Å². The summed E-state index contributed by atoms with van der Waals surface area (Å²) in [4.78, 5) is 10.7. The van der Waals surface area contributed by atoms with Crippen molar-refractivity contribution in [3.8, 4) is 16.9 Å². The Morgan fingerprint density at radius 2 is 1.81 bits per heavy atom. The van der Waals surface area contributed by atoms with Crippen molar-refractivity contribution in [2.45, 2.75) is 19.3 Å². The fraction of sp³-hybridized carbons (Fsp3) is 0.333. The summed E-state index contributed by atoms with van der Waals surface area (Å²) in [5.41, 5.74) is 13.4. The van der Waals surface area contributed by atoms with Crippen molar-refractivity contribution >= 4 is 17.6 Å². The number of nitrogens with two attached hydrogens (primary N) is 2. The maximum absolute atomic E-state index is 9.70. The van der Waals surface area contributed by atoms with Gasteiger partial charge in [-0.25, -0.2) is 0 Å². The Balaban J connectivity index is 2.13. The number of rotatable bonds is 2. The summed E-state index contributed by atoms with van der Waals surface area (Å²) in [7, 11) is 0. The normalized spacial score (nSPS) is 15.1. The number of aromatic hydroxyl groups is 1. The molecule has 1 aliphatic heterocycles. The topological polar surface area (TPSA) is 101 Å². The minimum Gasteiger partial charge on any atom is -0.508 e. The van der Waals surface area contributed by atoms with Gasteiger partial charge in [-0.15, -0.1) is 0 Å². The predicted octanol–water partition coefficient (Wildman–Crippen LogP) is 2.00. The third kappa shape index (κ3) is 2.69. The third-order valence-corrected chi connectivity index (χ3v) is 3.73. The van der Waals surface area contributed by atoms with Crippen LogP contribution in [0.2, 0.25) is 0 Å². The number of nitrogens with zero attached hydrogens (tertiary/aromatic N) is 3. The van der Waals surface area contributed by atoms with E-state index in [1.807, 2.05) is 6.07 Å². The molecule has 1 aromatic heterocycles. The quantitative estimate of drug-likeness (QED) is 0.780. The molecular weight excluding hydrogens is 266 g/mol. The Morgan fingerprint density at radius 1 is 1.05 bits per heavy atom. The average molecular weight is 285 g/mol. The highest BCUT2D eigenvalue weighted by atomic mass is 16.3. The number of aromatic nitrogens is 2. The number of hydrogen-bond acceptors (Lipinski definition) is 6. The zero-order chi connectivity index (χ0) is 14.8. The molecule has 1 aliphatic rings. The van der Waals surface area contributed by atoms with Crippen molar-refractivity contribution in [1.82, 2.24) is 9.97 Å². The second kappa shape index (κ2) is 5.47. The van der Waals surface area contributed by atoms with E-state index in [9.17, 15) is 5.11 Å². The molecule has 110 valence electrons. The van der Waals surface area contributed by atoms with E-state index in [4.69, 9.17) is 11.5 Å². The second-order valence-corrected chi connectivity index (χ2v) is 5.26. The van der Waals surface area contributed by atoms with Crippen molar-refractivity contribution in [3.05, 3.63) is 24.3 Å². The molecule has 21 heavy (non-hydrogen) atoms. The Bertz CT molecular complexity index is 653. The first-order valence-electron chi connectivity index (χ1n) is 7.12. The van der Waals surface area contributed by atoms with Crippen LogP contribution in [-0.4, -0.2) is 28.2 Å². The molecule has 5 N–H and O–H groups in total. The molecule has 0 radical (unpaired) electrons. The molecule has 0 amide bonds. The van der Waals surface area contributed by atoms with Crippen LogP contribution >= 0.6 is 0 Å². The lowest BCUT2D eigenvalue weighted by Gasteiger charge is -2.29. The number of anilines is 3. The van der Waals surface area contributed by atoms with Crippen LogP contribution in [0.3, 0.4) is 0 Å². The van der Waals surface area contributed by atoms with Crippen LogP contribution in [-0.2, 0) is 0 Å². The molecule has 2 aromatic rings. The highest BCUT2D eigenvalue weighted by Gasteiger charge is 2.21. The molecule has 0 saturated carbocycles. The molecule has 0 spiro atoms. The molecular formula is C15H19N5O. The average Bonchev–Trinajstić information content (AvgIpc) is 2.47. The van der Waals surface area contributed by atoms with Crippen LogP contribution in [0.25, 0.3) is 11.1 Å². The minimum absolute atomic E-state index is 0.178. The van der Waals surface area contributed by atoms with Crippen LogP contribution < -0.4 is 16.4 Å². The molecule has 1 aromatic carbocycles. The number of phenols is 1. The van der Waals surface area contributed by atoms with Crippen molar-refractivity contribution < 1.29 is 5.11 Å². The Morgan fingerprint density at radius 3 is 2.52 bits per heavy atom. The van der Waals surface area contributed by atoms with Gasteiger partial charge >= 0.3 is 0 Å². The van der Waals surface area contributed by atoms with Gasteiger partial charge in [-0.3, -0.25) is 0 Å². The smallest absolute Gasteiger partial charge is 0.223 e. The number of nitrogen functional groups attached to an aromatic ring is 2. The van der Waals surface area contributed by atoms with E-state index in [-0.39, 0.29) is 11.7 Å². The molecule has 2 heterocycles. The van der Waals surface area contributed by atoms with Gasteiger partial charge < -0.3 is 21.5 Å². The molecule has 6 nitrogen and oxygen atoms in total. The van der Waals surface area contributed by atoms with Gasteiger partial charge in [0.05, 0.1) is 5.56 Å². The van der Waals surface area contributed by atoms with Gasteiger partial charge in [0, 0.05) is 13.1 Å². The summed E-state index contributed by atoms with van der Waals surface area (Å²) in [5, 5.41) is 9.70. The molecule has 3 rings (SSSR count). The lowest BCUT2D eigenvalue weighted by atomic mass is 10.0. The van der Waals surface area contributed by atoms with Crippen molar-refractivity contribution in [2.24, 2.45) is 0 Å². The minimum atomic E-state index is 0.178. The van der Waals surface area contributed by atoms with Gasteiger partial charge in [-0.1, -0.05) is 12.1 Å². The van der Waals surface area contributed by atoms with E-state index >= 15 is 0 Å². The summed E-state index contributed by atoms with van der Waals surface area (Å²) in [6.07, 6.45) is 3.49. The molecule has 0 aliphatic carbocycles. The first-order valence-corrected chi connectivity index (χ1v) is 7.12. The van der Waals surface area contributed by atoms with E-state index in [0.29, 0.717) is 5.82 Å². The van der Waals surface area contributed by atoms with Gasteiger partial charge in [-0.05, 0) is 37.0 Å². The lowest BCUT2D eigenvalue weighted by Crippen LogP contribution is -2.31. The van der Waals surface area contributed by atoms with Gasteiger partial charge in [0.2, 0.25) is 5.95 Å². The lowest BCUT2D eigenvalue weighted by molar-refractivity contribution is 0.475. The molecule has 0 atom stereocenters. The highest BCUT2D eigenvalue weighted by Crippen LogP contribution is 2.36. The summed E-state index contributed by atoms with van der Waals surface area (Å²) in [5.74, 6) is 1.46. The van der Waals surface area contributed by atoms with E-state index in [1.54, 1.807) is 18.2 Å². The molecule has 0 bridgehead atoms. The van der Waals surface area contributed by atoms with Crippen LogP contribution in [0.1, 0.15) is 19.3 Å². The van der Waals surface area contributed by atoms with Gasteiger partial charge in [0.1, 0.15) is 17.4 Å². The maximum atomic E-state index is 9.70. The molecule has 1 fully saturated rings. The van der Waals surface area contributed by atoms with E-state index in [2.05, 4.69) is 14.9 Å². The largest absolute Gasteiger partial charge is 0.508 e. The van der Waals surface area contributed by atoms with Crippen LogP contribution in [0.5, 0.6) is 5.75 Å². The molecule has 1 saturated heterocycles. The first-order chi connectivity index (χ1) is 10.1. The number of piperidine rings is 1. The van der Waals surface area contributed by atoms with Crippen LogP contribution in [0, 0.1) is 0 Å². The molecule has 0 unspecified atom stereocenters. The Hall–Kier alpha value is -2.50. The summed E-state index contributed by atoms with van der Waals surface area (Å²) in [6, 6.07) is 6.95. The highest BCUT2D eigenvalue weighted by molar-refractivity contribution is 5.85. The number of hydrogen-bond donors (Lipinski definition) is 3. The predicted molar refractivity (Wildman–Crippen MR) is 84.0 cm³/mol. The number of benzene rings is 1. The second-order valence-electron chi connectivity index (χ2n) is 5.26. The number of phenolic OH excluding ortho intramolecular Hbond substituents is 1. The zero-order valence-corrected chi connectivity index (χ0v) is 11.8. The zero-order valence-electron chi connectivity index (χ0n) is 11.8. The van der Waals surface area contributed by atoms with Crippen molar-refractivity contribution in [2.75, 3.05) is 29.5 Å².